The van der Waals surface area contributed by atoms with Crippen molar-refractivity contribution in [3.05, 3.63) is 180 Å². The number of methoxy groups -OCH3 is 3. The van der Waals surface area contributed by atoms with Gasteiger partial charge in [-0.1, -0.05) is 62.0 Å². The van der Waals surface area contributed by atoms with Gasteiger partial charge in [0.15, 0.2) is 22.9 Å². The molecule has 0 radical (unpaired) electrons. The smallest absolute Gasteiger partial charge is 0.360 e. The molecule has 8 aromatic rings. The Labute approximate surface area is 443 Å². The number of alkyl halides is 1. The summed E-state index contributed by atoms with van der Waals surface area (Å²) in [5, 5.41) is 23.0. The zero-order valence-corrected chi connectivity index (χ0v) is 43.5. The molecule has 394 valence electrons. The lowest BCUT2D eigenvalue weighted by atomic mass is 10.1. The number of benzene rings is 6. The van der Waals surface area contributed by atoms with E-state index in [-0.39, 0.29) is 36.2 Å². The maximum atomic E-state index is 11.9. The number of esters is 3. The average Bonchev–Trinajstić information content (AvgIpc) is 3.40. The number of para-hydroxylation sites is 3. The minimum Gasteiger partial charge on any atom is -0.505 e. The van der Waals surface area contributed by atoms with Crippen LogP contribution in [0.25, 0.3) is 21.5 Å². The molecule has 0 saturated heterocycles. The normalized spacial score (nSPS) is 10.4. The lowest BCUT2D eigenvalue weighted by molar-refractivity contribution is 0.0581. The van der Waals surface area contributed by atoms with Gasteiger partial charge in [-0.3, -0.25) is 9.80 Å². The molecule has 0 fully saturated rings. The first-order chi connectivity index (χ1) is 35.5. The van der Waals surface area contributed by atoms with Crippen LogP contribution in [0.1, 0.15) is 50.0 Å². The number of fused-ring (bicyclic) bond motifs is 2. The number of rotatable bonds is 14. The highest BCUT2D eigenvalue weighted by Gasteiger charge is 2.21. The van der Waals surface area contributed by atoms with Gasteiger partial charge < -0.3 is 43.5 Å². The van der Waals surface area contributed by atoms with Crippen LogP contribution in [0.2, 0.25) is 0 Å². The summed E-state index contributed by atoms with van der Waals surface area (Å²) < 4.78 is 31.3. The van der Waals surface area contributed by atoms with Gasteiger partial charge in [-0.25, -0.2) is 24.4 Å². The fourth-order valence-electron chi connectivity index (χ4n) is 7.06. The van der Waals surface area contributed by atoms with Crippen LogP contribution in [0, 0.1) is 0 Å². The molecule has 0 amide bonds. The maximum absolute atomic E-state index is 11.9. The van der Waals surface area contributed by atoms with Crippen LogP contribution in [-0.2, 0) is 26.6 Å². The van der Waals surface area contributed by atoms with E-state index in [9.17, 15) is 24.6 Å². The molecular formula is C58H64ClN5O11. The standard InChI is InChI=1S/C20H20N2O4.C17H13NO4.C15H13ClO3.C5H14N2.CH4/c1-22(2)12-17-16-11-14(26-13-7-5-4-6-8-13)9-10-15(16)19(23)18(21-17)20(24)25-3;1-21-17(20)15-16(19)14-8-7-13(9-11(14)10-18-15)22-12-5-3-2-4-6-12;1-18-15(17)14-8-7-13(9-11(14)10-16)19-12-5-3-2-4-6-12;1-6(2)5-7(3)4;/h4-11,23H,12H2,1-3H3;2-10,19H,1H3;2-9H,10H2,1H3;5H2,1-4H3;1H4. The molecule has 16 nitrogen and oxygen atoms in total. The Bertz CT molecular complexity index is 3100. The van der Waals surface area contributed by atoms with E-state index in [1.807, 2.05) is 116 Å². The first-order valence-electron chi connectivity index (χ1n) is 22.9. The number of aromatic hydroxyl groups is 2. The van der Waals surface area contributed by atoms with Crippen LogP contribution in [0.3, 0.4) is 0 Å². The van der Waals surface area contributed by atoms with Gasteiger partial charge in [0.05, 0.1) is 32.6 Å². The van der Waals surface area contributed by atoms with Crippen LogP contribution in [0.4, 0.5) is 0 Å². The third-order valence-electron chi connectivity index (χ3n) is 10.2. The summed E-state index contributed by atoms with van der Waals surface area (Å²) in [4.78, 5) is 49.5. The quantitative estimate of drug-likeness (QED) is 0.0453. The van der Waals surface area contributed by atoms with E-state index in [1.54, 1.807) is 48.5 Å². The summed E-state index contributed by atoms with van der Waals surface area (Å²) in [6, 6.07) is 43.7. The fourth-order valence-corrected chi connectivity index (χ4v) is 7.28. The van der Waals surface area contributed by atoms with E-state index in [0.29, 0.717) is 68.3 Å². The van der Waals surface area contributed by atoms with Crippen LogP contribution >= 0.6 is 11.6 Å². The number of carbonyl (C=O) groups excluding carboxylic acids is 3. The van der Waals surface area contributed by atoms with E-state index in [4.69, 9.17) is 35.3 Å². The zero-order chi connectivity index (χ0) is 53.7. The average molecular weight is 1040 g/mol. The predicted octanol–water partition coefficient (Wildman–Crippen LogP) is 11.8. The number of halogens is 1. The van der Waals surface area contributed by atoms with Crippen LogP contribution in [-0.4, -0.2) is 123 Å². The number of hydrogen-bond donors (Lipinski definition) is 2. The monoisotopic (exact) mass is 1040 g/mol. The zero-order valence-electron chi connectivity index (χ0n) is 42.7. The van der Waals surface area contributed by atoms with Crippen molar-refractivity contribution in [2.45, 2.75) is 19.9 Å². The molecule has 75 heavy (non-hydrogen) atoms. The van der Waals surface area contributed by atoms with Crippen LogP contribution in [0.5, 0.6) is 46.0 Å². The van der Waals surface area contributed by atoms with Gasteiger partial charge in [0.1, 0.15) is 34.5 Å². The third kappa shape index (κ3) is 17.4. The minimum absolute atomic E-state index is 0. The number of ether oxygens (including phenoxy) is 6. The lowest BCUT2D eigenvalue weighted by Gasteiger charge is -2.15. The van der Waals surface area contributed by atoms with Gasteiger partial charge in [0, 0.05) is 46.8 Å². The van der Waals surface area contributed by atoms with E-state index in [1.165, 1.54) is 27.5 Å². The Morgan fingerprint density at radius 1 is 0.507 bits per heavy atom. The highest BCUT2D eigenvalue weighted by atomic mass is 35.5. The van der Waals surface area contributed by atoms with Gasteiger partial charge in [0.2, 0.25) is 0 Å². The lowest BCUT2D eigenvalue weighted by Crippen LogP contribution is -2.26. The summed E-state index contributed by atoms with van der Waals surface area (Å²) in [6.45, 7) is 1.52. The summed E-state index contributed by atoms with van der Waals surface area (Å²) in [5.41, 5.74) is 1.60. The molecule has 2 N–H and O–H groups in total. The van der Waals surface area contributed by atoms with Crippen molar-refractivity contribution in [1.82, 2.24) is 24.7 Å². The Kier molecular flexibility index (Phi) is 23.3. The van der Waals surface area contributed by atoms with Crippen molar-refractivity contribution >= 4 is 51.1 Å². The summed E-state index contributed by atoms with van der Waals surface area (Å²) in [7, 11) is 15.9. The topological polar surface area (TPSA) is 183 Å². The second-order valence-corrected chi connectivity index (χ2v) is 17.1. The summed E-state index contributed by atoms with van der Waals surface area (Å²) >= 11 is 5.84. The van der Waals surface area contributed by atoms with Crippen molar-refractivity contribution in [2.24, 2.45) is 0 Å². The van der Waals surface area contributed by atoms with Crippen molar-refractivity contribution < 1.29 is 53.0 Å². The maximum Gasteiger partial charge on any atom is 0.360 e. The first kappa shape index (κ1) is 59.3. The van der Waals surface area contributed by atoms with E-state index in [2.05, 4.69) is 52.7 Å². The van der Waals surface area contributed by atoms with E-state index >= 15 is 0 Å². The second kappa shape index (κ2) is 29.4. The first-order valence-corrected chi connectivity index (χ1v) is 23.4. The molecule has 6 aromatic carbocycles. The molecule has 0 saturated carbocycles. The molecule has 2 heterocycles. The van der Waals surface area contributed by atoms with Gasteiger partial charge >= 0.3 is 17.9 Å². The number of nitrogens with zero attached hydrogens (tertiary/aromatic N) is 5. The molecule has 17 heteroatoms. The second-order valence-electron chi connectivity index (χ2n) is 16.9. The van der Waals surface area contributed by atoms with E-state index in [0.717, 1.165) is 17.8 Å². The Morgan fingerprint density at radius 3 is 1.40 bits per heavy atom. The largest absolute Gasteiger partial charge is 0.505 e. The Hall–Kier alpha value is -8.28. The molecule has 0 aliphatic carbocycles. The Morgan fingerprint density at radius 2 is 0.947 bits per heavy atom. The van der Waals surface area contributed by atoms with Crippen LogP contribution < -0.4 is 14.2 Å². The fraction of sp³-hybridized carbons (Fsp3) is 0.224. The number of pyridine rings is 2. The summed E-state index contributed by atoms with van der Waals surface area (Å²) in [6.07, 6.45) is 1.50. The number of aromatic nitrogens is 2. The number of carbonyl (C=O) groups is 3. The van der Waals surface area contributed by atoms with Gasteiger partial charge in [-0.2, -0.15) is 0 Å². The van der Waals surface area contributed by atoms with E-state index < -0.39 is 17.9 Å². The molecule has 0 spiro atoms. The molecule has 0 unspecified atom stereocenters. The SMILES string of the molecule is C.CN(C)CN(C)C.COC(=O)c1ccc(Oc2ccccc2)cc1CCl.COC(=O)c1nc(CN(C)C)c2cc(Oc3ccccc3)ccc2c1O.COC(=O)c1ncc2cc(Oc3ccccc3)ccc2c1O. The molecule has 0 aliphatic heterocycles. The summed E-state index contributed by atoms with van der Waals surface area (Å²) in [5.74, 6) is 2.10. The van der Waals surface area contributed by atoms with Crippen molar-refractivity contribution in [1.29, 1.82) is 0 Å². The molecule has 0 bridgehead atoms. The highest BCUT2D eigenvalue weighted by Crippen LogP contribution is 2.35. The molecule has 2 aromatic heterocycles. The predicted molar refractivity (Wildman–Crippen MR) is 293 cm³/mol. The molecule has 0 atom stereocenters. The number of hydrogen-bond acceptors (Lipinski definition) is 16. The van der Waals surface area contributed by atoms with Gasteiger partial charge in [-0.15, -0.1) is 11.6 Å². The van der Waals surface area contributed by atoms with Crippen molar-refractivity contribution in [3.8, 4) is 46.0 Å². The van der Waals surface area contributed by atoms with Crippen LogP contribution in [0.15, 0.2) is 152 Å². The molecule has 8 rings (SSSR count). The van der Waals surface area contributed by atoms with Crippen molar-refractivity contribution in [3.63, 3.8) is 0 Å². The molecular weight excluding hydrogens is 978 g/mol. The molecule has 0 aliphatic rings. The van der Waals surface area contributed by atoms with Crippen molar-refractivity contribution in [2.75, 3.05) is 70.3 Å². The highest BCUT2D eigenvalue weighted by molar-refractivity contribution is 6.17. The minimum atomic E-state index is -0.677. The van der Waals surface area contributed by atoms with Gasteiger partial charge in [0.25, 0.3) is 0 Å². The Balaban J connectivity index is 0.000000229. The third-order valence-corrected chi connectivity index (χ3v) is 10.5. The van der Waals surface area contributed by atoms with Gasteiger partial charge in [-0.05, 0) is 139 Å².